The van der Waals surface area contributed by atoms with Gasteiger partial charge in [0.25, 0.3) is 0 Å². The first-order chi connectivity index (χ1) is 12.7. The summed E-state index contributed by atoms with van der Waals surface area (Å²) in [5.41, 5.74) is 3.19. The third-order valence-corrected chi connectivity index (χ3v) is 4.58. The van der Waals surface area contributed by atoms with Gasteiger partial charge in [-0.1, -0.05) is 29.8 Å². The second-order valence-corrected chi connectivity index (χ2v) is 6.43. The van der Waals surface area contributed by atoms with Crippen molar-refractivity contribution < 1.29 is 4.74 Å². The van der Waals surface area contributed by atoms with Gasteiger partial charge in [-0.3, -0.25) is 0 Å². The van der Waals surface area contributed by atoms with Crippen molar-refractivity contribution in [1.82, 2.24) is 15.2 Å². The summed E-state index contributed by atoms with van der Waals surface area (Å²) in [4.78, 5) is 6.81. The SMILES string of the molecule is COc1ccc(Cl)cc1Nc1nncc(N2CCCc3ccccc32)n1. The van der Waals surface area contributed by atoms with Crippen LogP contribution in [0.15, 0.2) is 48.7 Å². The molecule has 0 fully saturated rings. The number of methoxy groups -OCH3 is 1. The molecule has 0 unspecified atom stereocenters. The van der Waals surface area contributed by atoms with Gasteiger partial charge in [0, 0.05) is 17.3 Å². The minimum absolute atomic E-state index is 0.395. The molecule has 132 valence electrons. The average Bonchev–Trinajstić information content (AvgIpc) is 2.68. The summed E-state index contributed by atoms with van der Waals surface area (Å²) in [6.07, 6.45) is 3.84. The fourth-order valence-electron chi connectivity index (χ4n) is 3.15. The van der Waals surface area contributed by atoms with Gasteiger partial charge in [0.2, 0.25) is 5.95 Å². The first kappa shape index (κ1) is 16.6. The molecule has 0 atom stereocenters. The molecule has 4 rings (SSSR count). The number of hydrogen-bond acceptors (Lipinski definition) is 6. The van der Waals surface area contributed by atoms with Crippen molar-refractivity contribution in [1.29, 1.82) is 0 Å². The van der Waals surface area contributed by atoms with Crippen LogP contribution in [0.5, 0.6) is 5.75 Å². The van der Waals surface area contributed by atoms with Crippen LogP contribution in [0.1, 0.15) is 12.0 Å². The molecule has 2 aromatic carbocycles. The molecular formula is C19H18ClN5O. The van der Waals surface area contributed by atoms with E-state index in [1.807, 2.05) is 6.07 Å². The summed E-state index contributed by atoms with van der Waals surface area (Å²) >= 11 is 6.09. The number of nitrogens with one attached hydrogen (secondary N) is 1. The standard InChI is InChI=1S/C19H18ClN5O/c1-26-17-9-8-14(20)11-15(17)22-19-23-18(12-21-24-19)25-10-4-6-13-5-2-3-7-16(13)25/h2-3,5,7-9,11-12H,4,6,10H2,1H3,(H,22,23,24). The molecule has 1 aliphatic heterocycles. The van der Waals surface area contributed by atoms with Crippen molar-refractivity contribution in [3.8, 4) is 5.75 Å². The number of ether oxygens (including phenoxy) is 1. The lowest BCUT2D eigenvalue weighted by molar-refractivity contribution is 0.417. The quantitative estimate of drug-likeness (QED) is 0.739. The molecule has 26 heavy (non-hydrogen) atoms. The lowest BCUT2D eigenvalue weighted by Gasteiger charge is -2.30. The van der Waals surface area contributed by atoms with Gasteiger partial charge in [-0.25, -0.2) is 0 Å². The Bertz CT molecular complexity index is 933. The summed E-state index contributed by atoms with van der Waals surface area (Å²) in [6.45, 7) is 0.898. The molecule has 0 radical (unpaired) electrons. The van der Waals surface area contributed by atoms with Crippen molar-refractivity contribution in [3.05, 3.63) is 59.2 Å². The molecule has 0 saturated carbocycles. The fourth-order valence-corrected chi connectivity index (χ4v) is 3.32. The zero-order valence-corrected chi connectivity index (χ0v) is 15.1. The average molecular weight is 368 g/mol. The fraction of sp³-hybridized carbons (Fsp3) is 0.211. The number of aromatic nitrogens is 3. The monoisotopic (exact) mass is 367 g/mol. The maximum atomic E-state index is 6.09. The van der Waals surface area contributed by atoms with Crippen LogP contribution in [-0.4, -0.2) is 28.8 Å². The molecule has 0 aliphatic carbocycles. The Kier molecular flexibility index (Phi) is 4.58. The van der Waals surface area contributed by atoms with E-state index in [4.69, 9.17) is 16.3 Å². The van der Waals surface area contributed by atoms with Crippen molar-refractivity contribution in [2.75, 3.05) is 23.9 Å². The highest BCUT2D eigenvalue weighted by Gasteiger charge is 2.19. The summed E-state index contributed by atoms with van der Waals surface area (Å²) in [5, 5.41) is 12.0. The Balaban J connectivity index is 1.65. The van der Waals surface area contributed by atoms with Gasteiger partial charge in [-0.2, -0.15) is 10.1 Å². The van der Waals surface area contributed by atoms with Crippen LogP contribution in [0.4, 0.5) is 23.1 Å². The zero-order chi connectivity index (χ0) is 17.9. The highest BCUT2D eigenvalue weighted by molar-refractivity contribution is 6.31. The largest absolute Gasteiger partial charge is 0.495 e. The molecule has 3 aromatic rings. The lowest BCUT2D eigenvalue weighted by atomic mass is 10.0. The number of anilines is 4. The van der Waals surface area contributed by atoms with E-state index < -0.39 is 0 Å². The number of benzene rings is 2. The number of rotatable bonds is 4. The van der Waals surface area contributed by atoms with Gasteiger partial charge in [0.1, 0.15) is 5.75 Å². The summed E-state index contributed by atoms with van der Waals surface area (Å²) in [7, 11) is 1.61. The first-order valence-corrected chi connectivity index (χ1v) is 8.78. The first-order valence-electron chi connectivity index (χ1n) is 8.40. The number of hydrogen-bond donors (Lipinski definition) is 1. The van der Waals surface area contributed by atoms with Crippen LogP contribution < -0.4 is 15.0 Å². The Morgan fingerprint density at radius 2 is 2.08 bits per heavy atom. The molecule has 0 saturated heterocycles. The van der Waals surface area contributed by atoms with E-state index in [0.29, 0.717) is 22.4 Å². The topological polar surface area (TPSA) is 63.2 Å². The Labute approximate surface area is 156 Å². The van der Waals surface area contributed by atoms with E-state index in [1.165, 1.54) is 11.3 Å². The molecule has 0 amide bonds. The van der Waals surface area contributed by atoms with E-state index >= 15 is 0 Å². The second-order valence-electron chi connectivity index (χ2n) is 5.99. The van der Waals surface area contributed by atoms with Gasteiger partial charge in [0.15, 0.2) is 5.82 Å². The Morgan fingerprint density at radius 1 is 1.19 bits per heavy atom. The second kappa shape index (κ2) is 7.17. The molecular weight excluding hydrogens is 350 g/mol. The van der Waals surface area contributed by atoms with Crippen molar-refractivity contribution in [2.45, 2.75) is 12.8 Å². The van der Waals surface area contributed by atoms with Crippen LogP contribution in [0.3, 0.4) is 0 Å². The molecule has 7 heteroatoms. The van der Waals surface area contributed by atoms with Crippen LogP contribution >= 0.6 is 11.6 Å². The zero-order valence-electron chi connectivity index (χ0n) is 14.3. The lowest BCUT2D eigenvalue weighted by Crippen LogP contribution is -2.25. The molecule has 1 N–H and O–H groups in total. The van der Waals surface area contributed by atoms with Gasteiger partial charge in [-0.05, 0) is 42.7 Å². The van der Waals surface area contributed by atoms with E-state index in [1.54, 1.807) is 31.5 Å². The highest BCUT2D eigenvalue weighted by atomic mass is 35.5. The predicted octanol–water partition coefficient (Wildman–Crippen LogP) is 4.36. The predicted molar refractivity (Wildman–Crippen MR) is 103 cm³/mol. The maximum Gasteiger partial charge on any atom is 0.249 e. The number of fused-ring (bicyclic) bond motifs is 1. The maximum absolute atomic E-state index is 6.09. The number of halogens is 1. The van der Waals surface area contributed by atoms with E-state index in [9.17, 15) is 0 Å². The summed E-state index contributed by atoms with van der Waals surface area (Å²) < 4.78 is 5.36. The normalized spacial score (nSPS) is 13.2. The van der Waals surface area contributed by atoms with Gasteiger partial charge < -0.3 is 15.0 Å². The minimum atomic E-state index is 0.395. The van der Waals surface area contributed by atoms with E-state index in [2.05, 4.69) is 43.6 Å². The molecule has 2 heterocycles. The van der Waals surface area contributed by atoms with Gasteiger partial charge in [0.05, 0.1) is 19.0 Å². The van der Waals surface area contributed by atoms with Gasteiger partial charge in [-0.15, -0.1) is 5.10 Å². The van der Waals surface area contributed by atoms with E-state index in [0.717, 1.165) is 25.2 Å². The third-order valence-electron chi connectivity index (χ3n) is 4.34. The van der Waals surface area contributed by atoms with Crippen LogP contribution in [0.2, 0.25) is 5.02 Å². The molecule has 0 spiro atoms. The van der Waals surface area contributed by atoms with Crippen LogP contribution in [-0.2, 0) is 6.42 Å². The van der Waals surface area contributed by atoms with Crippen molar-refractivity contribution in [3.63, 3.8) is 0 Å². The highest BCUT2D eigenvalue weighted by Crippen LogP contribution is 2.33. The molecule has 6 nitrogen and oxygen atoms in total. The minimum Gasteiger partial charge on any atom is -0.495 e. The van der Waals surface area contributed by atoms with Crippen molar-refractivity contribution in [2.24, 2.45) is 0 Å². The smallest absolute Gasteiger partial charge is 0.249 e. The Morgan fingerprint density at radius 3 is 2.96 bits per heavy atom. The van der Waals surface area contributed by atoms with Crippen LogP contribution in [0, 0.1) is 0 Å². The van der Waals surface area contributed by atoms with Crippen LogP contribution in [0.25, 0.3) is 0 Å². The number of para-hydroxylation sites is 1. The van der Waals surface area contributed by atoms with Gasteiger partial charge >= 0.3 is 0 Å². The summed E-state index contributed by atoms with van der Waals surface area (Å²) in [5.74, 6) is 1.81. The number of aryl methyl sites for hydroxylation is 1. The third kappa shape index (κ3) is 3.28. The Hall–Kier alpha value is -2.86. The molecule has 1 aliphatic rings. The summed E-state index contributed by atoms with van der Waals surface area (Å²) in [6, 6.07) is 13.7. The molecule has 0 bridgehead atoms. The van der Waals surface area contributed by atoms with E-state index in [-0.39, 0.29) is 0 Å². The van der Waals surface area contributed by atoms with Crippen molar-refractivity contribution >= 4 is 34.7 Å². The molecule has 1 aromatic heterocycles. The number of nitrogens with zero attached hydrogens (tertiary/aromatic N) is 4.